The number of aromatic amines is 1. The van der Waals surface area contributed by atoms with Crippen LogP contribution >= 0.6 is 0 Å². The zero-order valence-electron chi connectivity index (χ0n) is 10.6. The molecule has 0 aliphatic heterocycles. The molecule has 0 aliphatic carbocycles. The molecule has 0 saturated heterocycles. The van der Waals surface area contributed by atoms with Crippen molar-refractivity contribution in [2.75, 3.05) is 14.2 Å². The van der Waals surface area contributed by atoms with Crippen molar-refractivity contribution in [1.29, 1.82) is 0 Å². The molecular weight excluding hydrogens is 262 g/mol. The van der Waals surface area contributed by atoms with Gasteiger partial charge in [0.15, 0.2) is 18.3 Å². The van der Waals surface area contributed by atoms with Crippen LogP contribution in [0.2, 0.25) is 0 Å². The van der Waals surface area contributed by atoms with Gasteiger partial charge in [-0.15, -0.1) is 0 Å². The van der Waals surface area contributed by atoms with E-state index in [-0.39, 0.29) is 11.5 Å². The second-order valence-electron chi connectivity index (χ2n) is 3.36. The number of carbonyl (C=O) groups is 1. The third kappa shape index (κ3) is 5.69. The summed E-state index contributed by atoms with van der Waals surface area (Å²) in [4.78, 5) is 22.2. The molecule has 0 saturated carbocycles. The summed E-state index contributed by atoms with van der Waals surface area (Å²) >= 11 is 2.83. The third-order valence-electron chi connectivity index (χ3n) is 1.97. The van der Waals surface area contributed by atoms with E-state index in [4.69, 9.17) is 13.8 Å². The largest absolute Gasteiger partial charge is 0.468 e. The molecule has 1 atom stereocenters. The van der Waals surface area contributed by atoms with E-state index in [0.29, 0.717) is 5.76 Å². The number of H-pyrrole nitrogens is 1. The quantitative estimate of drug-likeness (QED) is 0.758. The lowest BCUT2D eigenvalue weighted by Crippen LogP contribution is -2.19. The van der Waals surface area contributed by atoms with Crippen molar-refractivity contribution in [2.45, 2.75) is 19.8 Å². The van der Waals surface area contributed by atoms with Crippen LogP contribution in [0.15, 0.2) is 15.4 Å². The summed E-state index contributed by atoms with van der Waals surface area (Å²) in [6.45, 7) is 3.71. The standard InChI is InChI=1S/C9H13NO4.CH4O.OS/c1-5(2)8(9(12)13-3)6-4-7(11)10-14-6;2*1-2/h4-5,8H,1-3H3,(H,10,11);2H,1H3;. The first-order valence-electron chi connectivity index (χ1n) is 4.94. The average molecular weight is 279 g/mol. The Balaban J connectivity index is 0. The first-order chi connectivity index (χ1) is 8.56. The van der Waals surface area contributed by atoms with Gasteiger partial charge in [0.25, 0.3) is 5.56 Å². The molecule has 1 aromatic heterocycles. The van der Waals surface area contributed by atoms with E-state index in [9.17, 15) is 9.59 Å². The smallest absolute Gasteiger partial charge is 0.316 e. The highest BCUT2D eigenvalue weighted by Gasteiger charge is 2.28. The highest BCUT2D eigenvalue weighted by Crippen LogP contribution is 2.24. The second-order valence-corrected chi connectivity index (χ2v) is 3.36. The summed E-state index contributed by atoms with van der Waals surface area (Å²) in [5.74, 6) is -0.597. The number of aliphatic hydroxyl groups excluding tert-OH is 1. The number of hydrogen-bond acceptors (Lipinski definition) is 7. The number of aromatic nitrogens is 1. The van der Waals surface area contributed by atoms with Gasteiger partial charge in [-0.2, -0.15) is 9.37 Å². The van der Waals surface area contributed by atoms with Crippen LogP contribution in [0.3, 0.4) is 0 Å². The second kappa shape index (κ2) is 10.6. The van der Waals surface area contributed by atoms with Crippen LogP contribution in [0.25, 0.3) is 0 Å². The van der Waals surface area contributed by atoms with Gasteiger partial charge in [-0.3, -0.25) is 9.59 Å². The number of ether oxygens (including phenoxy) is 1. The molecule has 2 N–H and O–H groups in total. The Morgan fingerprint density at radius 2 is 1.94 bits per heavy atom. The first kappa shape index (κ1) is 18.8. The van der Waals surface area contributed by atoms with Crippen LogP contribution in [-0.4, -0.2) is 34.7 Å². The summed E-state index contributed by atoms with van der Waals surface area (Å²) in [5.41, 5.74) is -0.352. The van der Waals surface area contributed by atoms with E-state index in [0.717, 1.165) is 7.11 Å². The Labute approximate surface area is 110 Å². The molecule has 1 unspecified atom stereocenters. The number of carbonyl (C=O) groups excluding carboxylic acids is 1. The summed E-state index contributed by atoms with van der Waals surface area (Å²) in [5, 5.41) is 9.14. The van der Waals surface area contributed by atoms with Gasteiger partial charge < -0.3 is 14.4 Å². The van der Waals surface area contributed by atoms with Crippen LogP contribution in [0, 0.1) is 5.92 Å². The number of methoxy groups -OCH3 is 1. The Morgan fingerprint density at radius 1 is 1.44 bits per heavy atom. The monoisotopic (exact) mass is 279 g/mol. The van der Waals surface area contributed by atoms with E-state index in [2.05, 4.69) is 22.4 Å². The topological polar surface area (TPSA) is 110 Å². The van der Waals surface area contributed by atoms with Crippen molar-refractivity contribution in [2.24, 2.45) is 5.92 Å². The molecule has 0 fully saturated rings. The molecule has 0 aliphatic rings. The Morgan fingerprint density at radius 3 is 2.22 bits per heavy atom. The molecule has 0 amide bonds. The van der Waals surface area contributed by atoms with Gasteiger partial charge in [-0.05, 0) is 5.92 Å². The van der Waals surface area contributed by atoms with Crippen molar-refractivity contribution < 1.29 is 23.4 Å². The molecule has 0 aromatic carbocycles. The minimum Gasteiger partial charge on any atom is -0.468 e. The number of aliphatic hydroxyl groups is 1. The van der Waals surface area contributed by atoms with Gasteiger partial charge >= 0.3 is 5.97 Å². The lowest BCUT2D eigenvalue weighted by Gasteiger charge is -2.14. The van der Waals surface area contributed by atoms with Crippen LogP contribution < -0.4 is 5.56 Å². The fraction of sp³-hybridized carbons (Fsp3) is 0.600. The van der Waals surface area contributed by atoms with Gasteiger partial charge in [-0.25, -0.2) is 0 Å². The maximum atomic E-state index is 11.4. The summed E-state index contributed by atoms with van der Waals surface area (Å²) in [6, 6.07) is 1.27. The molecule has 1 heterocycles. The molecular formula is C10H17NO6S. The van der Waals surface area contributed by atoms with Crippen molar-refractivity contribution in [3.8, 4) is 0 Å². The van der Waals surface area contributed by atoms with Gasteiger partial charge in [0.2, 0.25) is 0 Å². The van der Waals surface area contributed by atoms with Crippen molar-refractivity contribution in [3.63, 3.8) is 0 Å². The molecule has 0 bridgehead atoms. The molecule has 1 aromatic rings. The normalized spacial score (nSPS) is 10.6. The van der Waals surface area contributed by atoms with Gasteiger partial charge in [0, 0.05) is 13.2 Å². The zero-order chi connectivity index (χ0) is 14.7. The summed E-state index contributed by atoms with van der Waals surface area (Å²) in [7, 11) is 2.31. The summed E-state index contributed by atoms with van der Waals surface area (Å²) < 4.78 is 17.3. The Hall–Kier alpha value is -1.54. The first-order valence-corrected chi connectivity index (χ1v) is 5.27. The van der Waals surface area contributed by atoms with Gasteiger partial charge in [0.1, 0.15) is 5.92 Å². The predicted octanol–water partition coefficient (Wildman–Crippen LogP) is 0.153. The number of nitrogens with one attached hydrogen (secondary N) is 1. The number of hydrogen-bond donors (Lipinski definition) is 2. The minimum absolute atomic E-state index is 0.0152. The van der Waals surface area contributed by atoms with Crippen LogP contribution in [0.4, 0.5) is 0 Å². The highest BCUT2D eigenvalue weighted by molar-refractivity contribution is 7.44. The van der Waals surface area contributed by atoms with Crippen LogP contribution in [0.5, 0.6) is 0 Å². The van der Waals surface area contributed by atoms with Crippen molar-refractivity contribution in [3.05, 3.63) is 22.2 Å². The fourth-order valence-corrected chi connectivity index (χ4v) is 1.29. The van der Waals surface area contributed by atoms with E-state index < -0.39 is 11.9 Å². The van der Waals surface area contributed by atoms with E-state index in [1.54, 1.807) is 0 Å². The third-order valence-corrected chi connectivity index (χ3v) is 1.97. The highest BCUT2D eigenvalue weighted by atomic mass is 32.1. The molecule has 1 rings (SSSR count). The van der Waals surface area contributed by atoms with Crippen molar-refractivity contribution in [1.82, 2.24) is 5.16 Å². The Kier molecular flexibility index (Phi) is 11.1. The fourth-order valence-electron chi connectivity index (χ4n) is 1.29. The molecule has 104 valence electrons. The minimum atomic E-state index is -0.529. The molecule has 0 spiro atoms. The number of esters is 1. The van der Waals surface area contributed by atoms with E-state index >= 15 is 0 Å². The predicted molar refractivity (Wildman–Crippen MR) is 65.2 cm³/mol. The zero-order valence-corrected chi connectivity index (χ0v) is 11.4. The molecule has 0 radical (unpaired) electrons. The maximum Gasteiger partial charge on any atom is 0.316 e. The summed E-state index contributed by atoms with van der Waals surface area (Å²) in [6.07, 6.45) is 0. The lowest BCUT2D eigenvalue weighted by atomic mass is 9.93. The molecule has 8 heteroatoms. The van der Waals surface area contributed by atoms with E-state index in [1.807, 2.05) is 13.8 Å². The molecule has 7 nitrogen and oxygen atoms in total. The van der Waals surface area contributed by atoms with E-state index in [1.165, 1.54) is 13.2 Å². The lowest BCUT2D eigenvalue weighted by molar-refractivity contribution is -0.144. The Bertz CT molecular complexity index is 386. The van der Waals surface area contributed by atoms with Gasteiger partial charge in [0.05, 0.1) is 7.11 Å². The van der Waals surface area contributed by atoms with Crippen LogP contribution in [-0.2, 0) is 22.1 Å². The SMILES string of the molecule is CO.COC(=O)C(c1cc(=O)[nH]o1)C(C)C.O=S. The average Bonchev–Trinajstić information content (AvgIpc) is 2.80. The van der Waals surface area contributed by atoms with Gasteiger partial charge in [-0.1, -0.05) is 13.8 Å². The number of rotatable bonds is 3. The molecule has 18 heavy (non-hydrogen) atoms. The van der Waals surface area contributed by atoms with Crippen LogP contribution in [0.1, 0.15) is 25.5 Å². The maximum absolute atomic E-state index is 11.4. The van der Waals surface area contributed by atoms with Crippen molar-refractivity contribution >= 4 is 18.5 Å².